The van der Waals surface area contributed by atoms with Gasteiger partial charge in [-0.2, -0.15) is 0 Å². The van der Waals surface area contributed by atoms with Crippen LogP contribution in [0.15, 0.2) is 54.6 Å². The van der Waals surface area contributed by atoms with Gasteiger partial charge in [-0.3, -0.25) is 14.4 Å². The smallest absolute Gasteiger partial charge is 0.244 e. The fraction of sp³-hybridized carbons (Fsp3) is 0.423. The Morgan fingerprint density at radius 3 is 2.22 bits per heavy atom. The number of hydrogen-bond acceptors (Lipinski definition) is 3. The highest BCUT2D eigenvalue weighted by Gasteiger charge is 2.34. The average Bonchev–Trinajstić information content (AvgIpc) is 3.67. The molecule has 4 rings (SSSR count). The third kappa shape index (κ3) is 5.36. The van der Waals surface area contributed by atoms with Crippen LogP contribution in [-0.4, -0.2) is 17.7 Å². The van der Waals surface area contributed by atoms with Crippen LogP contribution in [0.1, 0.15) is 67.2 Å². The average molecular weight is 434 g/mol. The molecule has 0 aliphatic heterocycles. The molecule has 4 N–H and O–H groups in total. The minimum Gasteiger partial charge on any atom is -0.368 e. The van der Waals surface area contributed by atoms with Crippen LogP contribution in [0.5, 0.6) is 0 Å². The van der Waals surface area contributed by atoms with E-state index < -0.39 is 11.9 Å². The predicted molar refractivity (Wildman–Crippen MR) is 122 cm³/mol. The van der Waals surface area contributed by atoms with Crippen molar-refractivity contribution >= 4 is 17.7 Å². The first kappa shape index (κ1) is 22.1. The van der Waals surface area contributed by atoms with Crippen LogP contribution in [0.25, 0.3) is 0 Å². The molecule has 0 heterocycles. The number of amides is 3. The Hall–Kier alpha value is -3.15. The fourth-order valence-electron chi connectivity index (χ4n) is 4.62. The Labute approximate surface area is 189 Å². The van der Waals surface area contributed by atoms with Crippen LogP contribution in [0.3, 0.4) is 0 Å². The zero-order valence-corrected chi connectivity index (χ0v) is 18.3. The Morgan fingerprint density at radius 2 is 1.56 bits per heavy atom. The number of nitrogens with one attached hydrogen (secondary N) is 2. The zero-order valence-electron chi connectivity index (χ0n) is 18.3. The van der Waals surface area contributed by atoms with E-state index in [2.05, 4.69) is 22.8 Å². The van der Waals surface area contributed by atoms with Crippen molar-refractivity contribution in [2.45, 2.75) is 57.0 Å². The molecule has 0 bridgehead atoms. The Kier molecular flexibility index (Phi) is 6.88. The van der Waals surface area contributed by atoms with Gasteiger partial charge in [-0.15, -0.1) is 0 Å². The number of hydrogen-bond donors (Lipinski definition) is 3. The van der Waals surface area contributed by atoms with E-state index in [0.717, 1.165) is 49.7 Å². The molecule has 2 aromatic rings. The number of nitrogens with two attached hydrogens (primary N) is 1. The summed E-state index contributed by atoms with van der Waals surface area (Å²) in [6.45, 7) is 0.529. The van der Waals surface area contributed by atoms with Gasteiger partial charge >= 0.3 is 0 Å². The van der Waals surface area contributed by atoms with Gasteiger partial charge in [0.2, 0.25) is 17.7 Å². The summed E-state index contributed by atoms with van der Waals surface area (Å²) in [5, 5.41) is 5.89. The zero-order chi connectivity index (χ0) is 22.5. The molecule has 2 aliphatic rings. The summed E-state index contributed by atoms with van der Waals surface area (Å²) >= 11 is 0. The number of carbonyl (C=O) groups excluding carboxylic acids is 3. The van der Waals surface area contributed by atoms with Gasteiger partial charge in [-0.1, -0.05) is 67.4 Å². The Bertz CT molecular complexity index is 954. The van der Waals surface area contributed by atoms with Crippen LogP contribution in [0.2, 0.25) is 0 Å². The standard InChI is InChI=1S/C26H31N3O3/c27-24(30)23(19-6-2-1-3-7-19)29-26(32)22-9-5-4-8-21(22)18-12-10-17(11-13-18)16-28-25(31)20-14-15-20/h1-3,6-7,10-13,20-23H,4-5,8-9,14-16H2,(H2,27,30)(H,28,31)(H,29,32). The first-order valence-electron chi connectivity index (χ1n) is 11.5. The summed E-state index contributed by atoms with van der Waals surface area (Å²) in [7, 11) is 0. The first-order chi connectivity index (χ1) is 15.5. The SMILES string of the molecule is NC(=O)C(NC(=O)C1CCCCC1c1ccc(CNC(=O)C2CC2)cc1)c1ccccc1. The summed E-state index contributed by atoms with van der Waals surface area (Å²) in [5.41, 5.74) is 8.47. The van der Waals surface area contributed by atoms with E-state index in [1.807, 2.05) is 30.3 Å². The lowest BCUT2D eigenvalue weighted by molar-refractivity contribution is -0.131. The molecular formula is C26H31N3O3. The molecule has 2 fully saturated rings. The predicted octanol–water partition coefficient (Wildman–Crippen LogP) is 3.33. The highest BCUT2D eigenvalue weighted by atomic mass is 16.2. The number of primary amides is 1. The maximum atomic E-state index is 13.2. The number of benzene rings is 2. The molecule has 3 unspecified atom stereocenters. The maximum absolute atomic E-state index is 13.2. The van der Waals surface area contributed by atoms with Crippen molar-refractivity contribution in [3.05, 3.63) is 71.3 Å². The quantitative estimate of drug-likeness (QED) is 0.595. The molecule has 168 valence electrons. The molecular weight excluding hydrogens is 402 g/mol. The van der Waals surface area contributed by atoms with Crippen LogP contribution in [-0.2, 0) is 20.9 Å². The van der Waals surface area contributed by atoms with Gasteiger partial charge in [-0.25, -0.2) is 0 Å². The molecule has 0 radical (unpaired) electrons. The molecule has 0 saturated heterocycles. The molecule has 3 amide bonds. The second-order valence-electron chi connectivity index (χ2n) is 8.99. The lowest BCUT2D eigenvalue weighted by Gasteiger charge is -2.32. The highest BCUT2D eigenvalue weighted by molar-refractivity contribution is 5.89. The van der Waals surface area contributed by atoms with Gasteiger partial charge in [0.15, 0.2) is 0 Å². The van der Waals surface area contributed by atoms with Crippen molar-refractivity contribution in [2.24, 2.45) is 17.6 Å². The van der Waals surface area contributed by atoms with E-state index in [1.54, 1.807) is 12.1 Å². The monoisotopic (exact) mass is 433 g/mol. The largest absolute Gasteiger partial charge is 0.368 e. The van der Waals surface area contributed by atoms with Crippen molar-refractivity contribution in [1.82, 2.24) is 10.6 Å². The van der Waals surface area contributed by atoms with Crippen molar-refractivity contribution in [2.75, 3.05) is 0 Å². The third-order valence-electron chi connectivity index (χ3n) is 6.63. The first-order valence-corrected chi connectivity index (χ1v) is 11.5. The molecule has 2 saturated carbocycles. The number of carbonyl (C=O) groups is 3. The van der Waals surface area contributed by atoms with Gasteiger partial charge < -0.3 is 16.4 Å². The molecule has 3 atom stereocenters. The van der Waals surface area contributed by atoms with E-state index in [4.69, 9.17) is 5.73 Å². The fourth-order valence-corrected chi connectivity index (χ4v) is 4.62. The van der Waals surface area contributed by atoms with E-state index in [9.17, 15) is 14.4 Å². The summed E-state index contributed by atoms with van der Waals surface area (Å²) in [6.07, 6.45) is 5.78. The van der Waals surface area contributed by atoms with Gasteiger partial charge in [0.1, 0.15) is 6.04 Å². The molecule has 6 heteroatoms. The third-order valence-corrected chi connectivity index (χ3v) is 6.63. The van der Waals surface area contributed by atoms with Gasteiger partial charge in [0, 0.05) is 18.4 Å². The summed E-state index contributed by atoms with van der Waals surface area (Å²) in [5.74, 6) is -0.438. The molecule has 0 spiro atoms. The highest BCUT2D eigenvalue weighted by Crippen LogP contribution is 2.38. The van der Waals surface area contributed by atoms with E-state index in [-0.39, 0.29) is 29.6 Å². The molecule has 6 nitrogen and oxygen atoms in total. The van der Waals surface area contributed by atoms with Crippen LogP contribution >= 0.6 is 0 Å². The van der Waals surface area contributed by atoms with E-state index in [0.29, 0.717) is 12.1 Å². The minimum absolute atomic E-state index is 0.100. The summed E-state index contributed by atoms with van der Waals surface area (Å²) < 4.78 is 0. The van der Waals surface area contributed by atoms with Crippen molar-refractivity contribution in [3.63, 3.8) is 0 Å². The van der Waals surface area contributed by atoms with Gasteiger partial charge in [0.25, 0.3) is 0 Å². The number of rotatable bonds is 8. The van der Waals surface area contributed by atoms with Gasteiger partial charge in [-0.05, 0) is 48.3 Å². The minimum atomic E-state index is -0.830. The van der Waals surface area contributed by atoms with E-state index in [1.165, 1.54) is 0 Å². The molecule has 0 aromatic heterocycles. The normalized spacial score (nSPS) is 21.4. The second kappa shape index (κ2) is 9.98. The van der Waals surface area contributed by atoms with Gasteiger partial charge in [0.05, 0.1) is 0 Å². The Morgan fingerprint density at radius 1 is 0.875 bits per heavy atom. The molecule has 32 heavy (non-hydrogen) atoms. The topological polar surface area (TPSA) is 101 Å². The van der Waals surface area contributed by atoms with E-state index >= 15 is 0 Å². The summed E-state index contributed by atoms with van der Waals surface area (Å²) in [6, 6.07) is 16.5. The maximum Gasteiger partial charge on any atom is 0.244 e. The van der Waals surface area contributed by atoms with Crippen molar-refractivity contribution in [1.29, 1.82) is 0 Å². The second-order valence-corrected chi connectivity index (χ2v) is 8.99. The lowest BCUT2D eigenvalue weighted by Crippen LogP contribution is -2.42. The lowest BCUT2D eigenvalue weighted by atomic mass is 9.74. The van der Waals surface area contributed by atoms with Crippen molar-refractivity contribution < 1.29 is 14.4 Å². The molecule has 2 aromatic carbocycles. The van der Waals surface area contributed by atoms with Crippen molar-refractivity contribution in [3.8, 4) is 0 Å². The Balaban J connectivity index is 1.43. The van der Waals surface area contributed by atoms with Crippen LogP contribution in [0.4, 0.5) is 0 Å². The molecule has 2 aliphatic carbocycles. The van der Waals surface area contributed by atoms with Crippen LogP contribution in [0, 0.1) is 11.8 Å². The summed E-state index contributed by atoms with van der Waals surface area (Å²) in [4.78, 5) is 37.1. The van der Waals surface area contributed by atoms with Crippen LogP contribution < -0.4 is 16.4 Å².